The van der Waals surface area contributed by atoms with Crippen LogP contribution in [-0.2, 0) is 6.54 Å². The van der Waals surface area contributed by atoms with Gasteiger partial charge in [-0.15, -0.1) is 5.10 Å². The second-order valence-corrected chi connectivity index (χ2v) is 5.05. The first-order chi connectivity index (χ1) is 9.29. The van der Waals surface area contributed by atoms with E-state index in [9.17, 15) is 0 Å². The fraction of sp³-hybridized carbons (Fsp3) is 0.417. The molecule has 1 aromatic carbocycles. The molecule has 0 aliphatic rings. The lowest BCUT2D eigenvalue weighted by Crippen LogP contribution is -2.12. The van der Waals surface area contributed by atoms with Gasteiger partial charge in [-0.2, -0.15) is 0 Å². The van der Waals surface area contributed by atoms with Crippen LogP contribution in [-0.4, -0.2) is 39.1 Å². The van der Waals surface area contributed by atoms with Crippen LogP contribution in [0.4, 0.5) is 0 Å². The van der Waals surface area contributed by atoms with Gasteiger partial charge in [-0.05, 0) is 29.5 Å². The summed E-state index contributed by atoms with van der Waals surface area (Å²) in [5.41, 5.74) is 6.71. The molecule has 0 saturated heterocycles. The summed E-state index contributed by atoms with van der Waals surface area (Å²) < 4.78 is 7.34. The van der Waals surface area contributed by atoms with Crippen LogP contribution < -0.4 is 10.5 Å². The molecule has 2 N–H and O–H groups in total. The highest BCUT2D eigenvalue weighted by Gasteiger charge is 2.05. The molecule has 0 aliphatic heterocycles. The lowest BCUT2D eigenvalue weighted by molar-refractivity contribution is 0.343. The van der Waals surface area contributed by atoms with Crippen molar-refractivity contribution in [3.63, 3.8) is 0 Å². The van der Waals surface area contributed by atoms with Gasteiger partial charge >= 0.3 is 0 Å². The van der Waals surface area contributed by atoms with Crippen molar-refractivity contribution < 1.29 is 4.74 Å². The van der Waals surface area contributed by atoms with Crippen molar-refractivity contribution in [2.45, 2.75) is 18.6 Å². The molecule has 0 radical (unpaired) electrons. The number of aromatic nitrogens is 4. The molecule has 0 aliphatic carbocycles. The monoisotopic (exact) mass is 279 g/mol. The van der Waals surface area contributed by atoms with Crippen LogP contribution in [0.5, 0.6) is 5.75 Å². The summed E-state index contributed by atoms with van der Waals surface area (Å²) in [6.07, 6.45) is 0. The van der Waals surface area contributed by atoms with Gasteiger partial charge in [0.1, 0.15) is 5.75 Å². The molecule has 0 atom stereocenters. The highest BCUT2D eigenvalue weighted by Crippen LogP contribution is 2.15. The van der Waals surface area contributed by atoms with E-state index in [2.05, 4.69) is 22.4 Å². The molecule has 2 aromatic rings. The second-order valence-electron chi connectivity index (χ2n) is 3.98. The van der Waals surface area contributed by atoms with Gasteiger partial charge in [-0.1, -0.05) is 29.5 Å². The zero-order valence-corrected chi connectivity index (χ0v) is 11.6. The Balaban J connectivity index is 1.74. The number of benzene rings is 1. The summed E-state index contributed by atoms with van der Waals surface area (Å²) in [6, 6.07) is 8.01. The third-order valence-electron chi connectivity index (χ3n) is 2.44. The van der Waals surface area contributed by atoms with Crippen LogP contribution >= 0.6 is 11.8 Å². The van der Waals surface area contributed by atoms with Crippen LogP contribution in [0.3, 0.4) is 0 Å². The van der Waals surface area contributed by atoms with Crippen molar-refractivity contribution in [3.05, 3.63) is 29.8 Å². The fourth-order valence-electron chi connectivity index (χ4n) is 1.49. The first kappa shape index (κ1) is 13.8. The van der Waals surface area contributed by atoms with Crippen molar-refractivity contribution in [1.82, 2.24) is 20.2 Å². The van der Waals surface area contributed by atoms with Crippen LogP contribution in [0.25, 0.3) is 0 Å². The summed E-state index contributed by atoms with van der Waals surface area (Å²) in [6.45, 7) is 3.83. The van der Waals surface area contributed by atoms with E-state index < -0.39 is 0 Å². The molecule has 1 heterocycles. The van der Waals surface area contributed by atoms with Crippen LogP contribution in [0.15, 0.2) is 29.4 Å². The summed E-state index contributed by atoms with van der Waals surface area (Å²) in [5, 5.41) is 12.2. The number of hydrogen-bond acceptors (Lipinski definition) is 6. The minimum absolute atomic E-state index is 0.526. The van der Waals surface area contributed by atoms with E-state index in [0.29, 0.717) is 19.7 Å². The molecule has 2 rings (SSSR count). The number of aryl methyl sites for hydroxylation is 1. The first-order valence-electron chi connectivity index (χ1n) is 6.08. The van der Waals surface area contributed by atoms with E-state index in [1.165, 1.54) is 5.56 Å². The van der Waals surface area contributed by atoms with Gasteiger partial charge in [0.25, 0.3) is 0 Å². The first-order valence-corrected chi connectivity index (χ1v) is 7.06. The van der Waals surface area contributed by atoms with Crippen LogP contribution in [0, 0.1) is 6.92 Å². The average Bonchev–Trinajstić information content (AvgIpc) is 2.85. The molecule has 1 aromatic heterocycles. The zero-order chi connectivity index (χ0) is 13.5. The van der Waals surface area contributed by atoms with Crippen molar-refractivity contribution in [1.29, 1.82) is 0 Å². The minimum atomic E-state index is 0.526. The lowest BCUT2D eigenvalue weighted by Gasteiger charge is -2.06. The normalized spacial score (nSPS) is 10.6. The molecule has 6 nitrogen and oxygen atoms in total. The number of nitrogens with two attached hydrogens (primary N) is 1. The van der Waals surface area contributed by atoms with Crippen molar-refractivity contribution in [2.24, 2.45) is 5.73 Å². The third-order valence-corrected chi connectivity index (χ3v) is 3.37. The van der Waals surface area contributed by atoms with Gasteiger partial charge in [0, 0.05) is 12.3 Å². The summed E-state index contributed by atoms with van der Waals surface area (Å²) >= 11 is 1.56. The maximum Gasteiger partial charge on any atom is 0.209 e. The maximum absolute atomic E-state index is 5.64. The summed E-state index contributed by atoms with van der Waals surface area (Å²) in [5.74, 6) is 1.67. The van der Waals surface area contributed by atoms with E-state index in [-0.39, 0.29) is 0 Å². The van der Waals surface area contributed by atoms with E-state index in [1.807, 2.05) is 24.3 Å². The second kappa shape index (κ2) is 7.10. The van der Waals surface area contributed by atoms with Gasteiger partial charge < -0.3 is 10.5 Å². The molecule has 102 valence electrons. The van der Waals surface area contributed by atoms with Gasteiger partial charge in [0.05, 0.1) is 13.2 Å². The molecule has 0 bridgehead atoms. The molecule has 19 heavy (non-hydrogen) atoms. The van der Waals surface area contributed by atoms with Crippen LogP contribution in [0.2, 0.25) is 0 Å². The van der Waals surface area contributed by atoms with Crippen molar-refractivity contribution >= 4 is 11.8 Å². The minimum Gasteiger partial charge on any atom is -0.493 e. The average molecular weight is 279 g/mol. The Labute approximate surface area is 116 Å². The Kier molecular flexibility index (Phi) is 5.17. The molecule has 7 heteroatoms. The number of rotatable bonds is 7. The molecular formula is C12H17N5OS. The predicted molar refractivity (Wildman–Crippen MR) is 74.3 cm³/mol. The molecule has 0 amide bonds. The van der Waals surface area contributed by atoms with Crippen molar-refractivity contribution in [3.8, 4) is 5.75 Å². The largest absolute Gasteiger partial charge is 0.493 e. The Hall–Kier alpha value is -1.60. The number of ether oxygens (including phenoxy) is 1. The summed E-state index contributed by atoms with van der Waals surface area (Å²) in [7, 11) is 0. The Bertz CT molecular complexity index is 499. The van der Waals surface area contributed by atoms with Gasteiger partial charge in [0.15, 0.2) is 0 Å². The molecule has 0 spiro atoms. The molecule has 0 saturated carbocycles. The van der Waals surface area contributed by atoms with Crippen LogP contribution in [0.1, 0.15) is 5.56 Å². The Morgan fingerprint density at radius 2 is 2.11 bits per heavy atom. The van der Waals surface area contributed by atoms with Gasteiger partial charge in [-0.25, -0.2) is 4.68 Å². The van der Waals surface area contributed by atoms with E-state index in [0.717, 1.165) is 16.7 Å². The molecule has 0 unspecified atom stereocenters. The standard InChI is InChI=1S/C12H17N5OS/c1-10-2-4-11(5-3-10)18-8-9-19-12-14-15-16-17(12)7-6-13/h2-5H,6-9,13H2,1H3. The van der Waals surface area contributed by atoms with E-state index >= 15 is 0 Å². The molecular weight excluding hydrogens is 262 g/mol. The van der Waals surface area contributed by atoms with Gasteiger partial charge in [-0.3, -0.25) is 0 Å². The maximum atomic E-state index is 5.64. The zero-order valence-electron chi connectivity index (χ0n) is 10.8. The third kappa shape index (κ3) is 4.22. The highest BCUT2D eigenvalue weighted by molar-refractivity contribution is 7.99. The Morgan fingerprint density at radius 1 is 1.32 bits per heavy atom. The van der Waals surface area contributed by atoms with E-state index in [1.54, 1.807) is 16.4 Å². The van der Waals surface area contributed by atoms with E-state index in [4.69, 9.17) is 10.5 Å². The predicted octanol–water partition coefficient (Wildman–Crippen LogP) is 1.11. The number of hydrogen-bond donors (Lipinski definition) is 1. The molecule has 0 fully saturated rings. The summed E-state index contributed by atoms with van der Waals surface area (Å²) in [4.78, 5) is 0. The topological polar surface area (TPSA) is 78.9 Å². The smallest absolute Gasteiger partial charge is 0.209 e. The van der Waals surface area contributed by atoms with Crippen molar-refractivity contribution in [2.75, 3.05) is 18.9 Å². The quantitative estimate of drug-likeness (QED) is 0.604. The van der Waals surface area contributed by atoms with Gasteiger partial charge in [0.2, 0.25) is 5.16 Å². The lowest BCUT2D eigenvalue weighted by atomic mass is 10.2. The number of thioether (sulfide) groups is 1. The number of nitrogens with zero attached hydrogens (tertiary/aromatic N) is 4. The highest BCUT2D eigenvalue weighted by atomic mass is 32.2. The number of tetrazole rings is 1. The Morgan fingerprint density at radius 3 is 2.84 bits per heavy atom. The fourth-order valence-corrected chi connectivity index (χ4v) is 2.21. The SMILES string of the molecule is Cc1ccc(OCCSc2nnnn2CCN)cc1.